The number of fused-ring (bicyclic) bond motifs is 1. The van der Waals surface area contributed by atoms with Crippen molar-refractivity contribution < 1.29 is 14.3 Å². The van der Waals surface area contributed by atoms with Crippen LogP contribution in [-0.2, 0) is 0 Å². The molecule has 2 heterocycles. The minimum atomic E-state index is -0.984. The first kappa shape index (κ1) is 21.7. The lowest BCUT2D eigenvalue weighted by molar-refractivity contribution is 0.0697. The second kappa shape index (κ2) is 8.92. The van der Waals surface area contributed by atoms with Crippen LogP contribution in [0.1, 0.15) is 48.1 Å². The van der Waals surface area contributed by atoms with E-state index in [0.717, 1.165) is 16.5 Å². The third-order valence-electron chi connectivity index (χ3n) is 5.23. The number of halogens is 1. The predicted molar refractivity (Wildman–Crippen MR) is 127 cm³/mol. The number of carboxylic acids is 1. The van der Waals surface area contributed by atoms with Gasteiger partial charge in [-0.2, -0.15) is 9.78 Å². The lowest BCUT2D eigenvalue weighted by Crippen LogP contribution is -2.23. The highest BCUT2D eigenvalue weighted by atomic mass is 79.9. The van der Waals surface area contributed by atoms with E-state index >= 15 is 0 Å². The fourth-order valence-corrected chi connectivity index (χ4v) is 3.61. The van der Waals surface area contributed by atoms with Gasteiger partial charge in [-0.15, -0.1) is 0 Å². The predicted octanol–water partition coefficient (Wildman–Crippen LogP) is 5.51. The van der Waals surface area contributed by atoms with Crippen LogP contribution < -0.4 is 5.56 Å². The maximum atomic E-state index is 13.2. The van der Waals surface area contributed by atoms with Crippen molar-refractivity contribution in [2.45, 2.75) is 26.2 Å². The first-order valence-electron chi connectivity index (χ1n) is 10.1. The molecule has 0 spiro atoms. The van der Waals surface area contributed by atoms with Crippen LogP contribution in [0.25, 0.3) is 22.2 Å². The fraction of sp³-hybridized carbons (Fsp3) is 0.167. The van der Waals surface area contributed by atoms with Gasteiger partial charge >= 0.3 is 5.97 Å². The zero-order chi connectivity index (χ0) is 22.8. The standard InChI is InChI=1S/C24H20BrN3O4/c1-3-14(2)22-27-20-10-8-17(25)12-19(20)23(29)28(22)26-13-18-9-11-21(32-18)15-4-6-16(7-5-15)24(30)31/h4-14H,3H2,1-2H3,(H,30,31)/t14-/m1/s1. The molecule has 162 valence electrons. The third kappa shape index (κ3) is 4.27. The Morgan fingerprint density at radius 3 is 2.66 bits per heavy atom. The zero-order valence-corrected chi connectivity index (χ0v) is 19.0. The van der Waals surface area contributed by atoms with Crippen molar-refractivity contribution in [2.75, 3.05) is 0 Å². The Labute approximate surface area is 192 Å². The van der Waals surface area contributed by atoms with E-state index in [0.29, 0.717) is 28.2 Å². The number of carbonyl (C=O) groups is 1. The highest BCUT2D eigenvalue weighted by molar-refractivity contribution is 9.10. The molecule has 4 rings (SSSR count). The fourth-order valence-electron chi connectivity index (χ4n) is 3.25. The maximum absolute atomic E-state index is 13.2. The Bertz CT molecular complexity index is 1390. The van der Waals surface area contributed by atoms with Crippen LogP contribution >= 0.6 is 15.9 Å². The van der Waals surface area contributed by atoms with Crippen molar-refractivity contribution in [3.05, 3.63) is 86.6 Å². The molecule has 0 unspecified atom stereocenters. The van der Waals surface area contributed by atoms with Crippen LogP contribution in [0.4, 0.5) is 0 Å². The summed E-state index contributed by atoms with van der Waals surface area (Å²) in [5.41, 5.74) is 1.32. The van der Waals surface area contributed by atoms with E-state index in [1.807, 2.05) is 26.0 Å². The van der Waals surface area contributed by atoms with Gasteiger partial charge in [0.1, 0.15) is 17.3 Å². The molecule has 2 aromatic carbocycles. The zero-order valence-electron chi connectivity index (χ0n) is 17.4. The number of rotatable bonds is 6. The highest BCUT2D eigenvalue weighted by Crippen LogP contribution is 2.23. The molecule has 0 aliphatic carbocycles. The van der Waals surface area contributed by atoms with Crippen molar-refractivity contribution in [3.8, 4) is 11.3 Å². The molecule has 0 amide bonds. The molecule has 0 fully saturated rings. The van der Waals surface area contributed by atoms with Gasteiger partial charge in [0.2, 0.25) is 0 Å². The molecule has 1 atom stereocenters. The van der Waals surface area contributed by atoms with Gasteiger partial charge < -0.3 is 9.52 Å². The van der Waals surface area contributed by atoms with E-state index in [4.69, 9.17) is 9.52 Å². The Kier molecular flexibility index (Phi) is 6.05. The van der Waals surface area contributed by atoms with E-state index < -0.39 is 5.97 Å². The first-order valence-corrected chi connectivity index (χ1v) is 10.9. The quantitative estimate of drug-likeness (QED) is 0.357. The molecule has 0 radical (unpaired) electrons. The van der Waals surface area contributed by atoms with Crippen molar-refractivity contribution in [1.29, 1.82) is 0 Å². The van der Waals surface area contributed by atoms with Gasteiger partial charge in [0.15, 0.2) is 0 Å². The number of benzene rings is 2. The van der Waals surface area contributed by atoms with Crippen molar-refractivity contribution in [2.24, 2.45) is 5.10 Å². The molecule has 32 heavy (non-hydrogen) atoms. The number of aromatic nitrogens is 2. The average Bonchev–Trinajstić information content (AvgIpc) is 3.27. The second-order valence-electron chi connectivity index (χ2n) is 7.39. The minimum Gasteiger partial charge on any atom is -0.478 e. The monoisotopic (exact) mass is 493 g/mol. The summed E-state index contributed by atoms with van der Waals surface area (Å²) in [6, 6.07) is 15.3. The van der Waals surface area contributed by atoms with Gasteiger partial charge in [0.25, 0.3) is 5.56 Å². The van der Waals surface area contributed by atoms with Crippen LogP contribution in [0.5, 0.6) is 0 Å². The molecule has 0 aliphatic rings. The van der Waals surface area contributed by atoms with E-state index in [2.05, 4.69) is 26.0 Å². The SMILES string of the molecule is CC[C@@H](C)c1nc2ccc(Br)cc2c(=O)n1N=Cc1ccc(-c2ccc(C(=O)O)cc2)o1. The maximum Gasteiger partial charge on any atom is 0.335 e. The highest BCUT2D eigenvalue weighted by Gasteiger charge is 2.16. The molecule has 8 heteroatoms. The summed E-state index contributed by atoms with van der Waals surface area (Å²) in [6.07, 6.45) is 2.29. The smallest absolute Gasteiger partial charge is 0.335 e. The number of furan rings is 1. The molecule has 0 saturated carbocycles. The van der Waals surface area contributed by atoms with Crippen molar-refractivity contribution in [1.82, 2.24) is 9.66 Å². The largest absolute Gasteiger partial charge is 0.478 e. The van der Waals surface area contributed by atoms with Crippen molar-refractivity contribution in [3.63, 3.8) is 0 Å². The summed E-state index contributed by atoms with van der Waals surface area (Å²) in [7, 11) is 0. The summed E-state index contributed by atoms with van der Waals surface area (Å²) >= 11 is 3.40. The molecule has 4 aromatic rings. The summed E-state index contributed by atoms with van der Waals surface area (Å²) in [5, 5.41) is 13.9. The Balaban J connectivity index is 1.71. The Hall–Kier alpha value is -3.52. The van der Waals surface area contributed by atoms with Crippen LogP contribution in [0.2, 0.25) is 0 Å². The lowest BCUT2D eigenvalue weighted by Gasteiger charge is -2.13. The molecule has 1 N–H and O–H groups in total. The molecule has 2 aromatic heterocycles. The van der Waals surface area contributed by atoms with E-state index in [9.17, 15) is 9.59 Å². The third-order valence-corrected chi connectivity index (χ3v) is 5.72. The van der Waals surface area contributed by atoms with Gasteiger partial charge in [-0.05, 0) is 48.9 Å². The second-order valence-corrected chi connectivity index (χ2v) is 8.30. The van der Waals surface area contributed by atoms with E-state index in [1.165, 1.54) is 23.0 Å². The Morgan fingerprint density at radius 1 is 1.22 bits per heavy atom. The van der Waals surface area contributed by atoms with Crippen LogP contribution in [0, 0.1) is 0 Å². The molecule has 0 aliphatic heterocycles. The van der Waals surface area contributed by atoms with Gasteiger partial charge in [-0.1, -0.05) is 41.9 Å². The molecular formula is C24H20BrN3O4. The van der Waals surface area contributed by atoms with E-state index in [1.54, 1.807) is 30.3 Å². The first-order chi connectivity index (χ1) is 15.4. The summed E-state index contributed by atoms with van der Waals surface area (Å²) < 4.78 is 7.94. The summed E-state index contributed by atoms with van der Waals surface area (Å²) in [4.78, 5) is 28.9. The molecular weight excluding hydrogens is 474 g/mol. The van der Waals surface area contributed by atoms with Crippen LogP contribution in [0.15, 0.2) is 73.4 Å². The Morgan fingerprint density at radius 2 is 1.97 bits per heavy atom. The average molecular weight is 494 g/mol. The molecule has 7 nitrogen and oxygen atoms in total. The number of carboxylic acid groups (broad SMARTS) is 1. The van der Waals surface area contributed by atoms with Gasteiger partial charge in [0.05, 0.1) is 22.7 Å². The summed E-state index contributed by atoms with van der Waals surface area (Å²) in [5.74, 6) is 0.659. The number of hydrogen-bond donors (Lipinski definition) is 1. The molecule has 0 bridgehead atoms. The van der Waals surface area contributed by atoms with Crippen molar-refractivity contribution >= 4 is 39.0 Å². The van der Waals surface area contributed by atoms with Gasteiger partial charge in [-0.3, -0.25) is 4.79 Å². The van der Waals surface area contributed by atoms with Gasteiger partial charge in [0, 0.05) is 16.0 Å². The number of nitrogens with zero attached hydrogens (tertiary/aromatic N) is 3. The van der Waals surface area contributed by atoms with Crippen LogP contribution in [0.3, 0.4) is 0 Å². The normalized spacial score (nSPS) is 12.5. The lowest BCUT2D eigenvalue weighted by atomic mass is 10.1. The van der Waals surface area contributed by atoms with Crippen LogP contribution in [-0.4, -0.2) is 27.0 Å². The van der Waals surface area contributed by atoms with Gasteiger partial charge in [-0.25, -0.2) is 9.78 Å². The minimum absolute atomic E-state index is 0.0350. The number of hydrogen-bond acceptors (Lipinski definition) is 5. The van der Waals surface area contributed by atoms with E-state index in [-0.39, 0.29) is 17.0 Å². The molecule has 0 saturated heterocycles. The topological polar surface area (TPSA) is 97.7 Å². The summed E-state index contributed by atoms with van der Waals surface area (Å²) in [6.45, 7) is 4.04. The number of aromatic carboxylic acids is 1.